The largest absolute Gasteiger partial charge is 0.322 e. The van der Waals surface area contributed by atoms with Crippen LogP contribution in [-0.4, -0.2) is 10.9 Å². The van der Waals surface area contributed by atoms with E-state index in [0.717, 1.165) is 10.9 Å². The molecule has 0 saturated heterocycles. The smallest absolute Gasteiger partial charge is 0.256 e. The lowest BCUT2D eigenvalue weighted by Crippen LogP contribution is -2.12. The summed E-state index contributed by atoms with van der Waals surface area (Å²) in [5.74, 6) is -0.216. The molecule has 2 aromatic carbocycles. The Morgan fingerprint density at radius 3 is 2.62 bits per heavy atom. The lowest BCUT2D eigenvalue weighted by Gasteiger charge is -2.08. The van der Waals surface area contributed by atoms with Crippen molar-refractivity contribution in [2.24, 2.45) is 0 Å². The van der Waals surface area contributed by atoms with E-state index in [1.165, 1.54) is 0 Å². The zero-order valence-corrected chi connectivity index (χ0v) is 12.3. The molecule has 3 rings (SSSR count). The zero-order valence-electron chi connectivity index (χ0n) is 10.8. The van der Waals surface area contributed by atoms with E-state index < -0.39 is 0 Å². The molecule has 5 heteroatoms. The SMILES string of the molecule is O=C(Nc1ccc(Cl)c(Cl)c1)c1ccnc2ccccc12. The van der Waals surface area contributed by atoms with Crippen molar-refractivity contribution in [3.63, 3.8) is 0 Å². The van der Waals surface area contributed by atoms with Crippen LogP contribution in [0, 0.1) is 0 Å². The number of nitrogens with one attached hydrogen (secondary N) is 1. The minimum absolute atomic E-state index is 0.216. The molecule has 0 fully saturated rings. The molecule has 1 amide bonds. The van der Waals surface area contributed by atoms with Crippen LogP contribution >= 0.6 is 23.2 Å². The highest BCUT2D eigenvalue weighted by Gasteiger charge is 2.11. The number of benzene rings is 2. The number of hydrogen-bond donors (Lipinski definition) is 1. The van der Waals surface area contributed by atoms with Crippen LogP contribution in [0.5, 0.6) is 0 Å². The molecular formula is C16H10Cl2N2O. The molecule has 0 radical (unpaired) electrons. The number of amides is 1. The van der Waals surface area contributed by atoms with E-state index in [4.69, 9.17) is 23.2 Å². The Kier molecular flexibility index (Phi) is 3.78. The Balaban J connectivity index is 1.95. The number of nitrogens with zero attached hydrogens (tertiary/aromatic N) is 1. The normalized spacial score (nSPS) is 10.6. The first-order valence-electron chi connectivity index (χ1n) is 6.25. The highest BCUT2D eigenvalue weighted by Crippen LogP contribution is 2.25. The number of fused-ring (bicyclic) bond motifs is 1. The number of hydrogen-bond acceptors (Lipinski definition) is 2. The minimum atomic E-state index is -0.216. The van der Waals surface area contributed by atoms with E-state index >= 15 is 0 Å². The molecule has 1 N–H and O–H groups in total. The summed E-state index contributed by atoms with van der Waals surface area (Å²) in [6, 6.07) is 14.1. The average molecular weight is 317 g/mol. The quantitative estimate of drug-likeness (QED) is 0.738. The van der Waals surface area contributed by atoms with Crippen LogP contribution in [0.3, 0.4) is 0 Å². The number of para-hydroxylation sites is 1. The third-order valence-corrected chi connectivity index (χ3v) is 3.81. The summed E-state index contributed by atoms with van der Waals surface area (Å²) in [6.07, 6.45) is 1.62. The molecule has 0 spiro atoms. The second kappa shape index (κ2) is 5.72. The summed E-state index contributed by atoms with van der Waals surface area (Å²) in [5.41, 5.74) is 1.93. The number of carbonyl (C=O) groups is 1. The first kappa shape index (κ1) is 13.9. The van der Waals surface area contributed by atoms with Crippen LogP contribution in [0.15, 0.2) is 54.7 Å². The Morgan fingerprint density at radius 2 is 1.81 bits per heavy atom. The van der Waals surface area contributed by atoms with E-state index in [9.17, 15) is 4.79 Å². The maximum atomic E-state index is 12.4. The Bertz CT molecular complexity index is 828. The van der Waals surface area contributed by atoms with Gasteiger partial charge in [0.1, 0.15) is 0 Å². The van der Waals surface area contributed by atoms with Crippen molar-refractivity contribution in [1.82, 2.24) is 4.98 Å². The van der Waals surface area contributed by atoms with Crippen LogP contribution in [0.2, 0.25) is 10.0 Å². The van der Waals surface area contributed by atoms with Crippen LogP contribution in [0.25, 0.3) is 10.9 Å². The summed E-state index contributed by atoms with van der Waals surface area (Å²) < 4.78 is 0. The third-order valence-electron chi connectivity index (χ3n) is 3.07. The number of rotatable bonds is 2. The van der Waals surface area contributed by atoms with Crippen molar-refractivity contribution >= 4 is 45.7 Å². The molecule has 1 aromatic heterocycles. The van der Waals surface area contributed by atoms with Crippen LogP contribution in [0.4, 0.5) is 5.69 Å². The topological polar surface area (TPSA) is 42.0 Å². The van der Waals surface area contributed by atoms with Crippen LogP contribution in [-0.2, 0) is 0 Å². The van der Waals surface area contributed by atoms with Gasteiger partial charge >= 0.3 is 0 Å². The highest BCUT2D eigenvalue weighted by molar-refractivity contribution is 6.42. The van der Waals surface area contributed by atoms with Gasteiger partial charge in [-0.15, -0.1) is 0 Å². The second-order valence-electron chi connectivity index (χ2n) is 4.46. The van der Waals surface area contributed by atoms with E-state index in [0.29, 0.717) is 21.3 Å². The fourth-order valence-electron chi connectivity index (χ4n) is 2.07. The molecule has 104 valence electrons. The Morgan fingerprint density at radius 1 is 1.00 bits per heavy atom. The monoisotopic (exact) mass is 316 g/mol. The predicted molar refractivity (Wildman–Crippen MR) is 86.2 cm³/mol. The van der Waals surface area contributed by atoms with Gasteiger partial charge in [0.25, 0.3) is 5.91 Å². The first-order chi connectivity index (χ1) is 10.1. The molecule has 0 bridgehead atoms. The number of halogens is 2. The molecule has 0 unspecified atom stereocenters. The van der Waals surface area contributed by atoms with Gasteiger partial charge in [-0.1, -0.05) is 41.4 Å². The van der Waals surface area contributed by atoms with Gasteiger partial charge in [0.15, 0.2) is 0 Å². The molecule has 3 aromatic rings. The molecule has 0 aliphatic carbocycles. The van der Waals surface area contributed by atoms with Crippen molar-refractivity contribution in [1.29, 1.82) is 0 Å². The van der Waals surface area contributed by atoms with Gasteiger partial charge < -0.3 is 5.32 Å². The van der Waals surface area contributed by atoms with Crippen molar-refractivity contribution in [3.8, 4) is 0 Å². The summed E-state index contributed by atoms with van der Waals surface area (Å²) in [7, 11) is 0. The van der Waals surface area contributed by atoms with E-state index in [-0.39, 0.29) is 5.91 Å². The summed E-state index contributed by atoms with van der Waals surface area (Å²) in [6.45, 7) is 0. The number of pyridine rings is 1. The molecule has 0 aliphatic heterocycles. The van der Waals surface area contributed by atoms with Gasteiger partial charge in [0, 0.05) is 17.3 Å². The third kappa shape index (κ3) is 2.84. The van der Waals surface area contributed by atoms with Gasteiger partial charge in [-0.05, 0) is 30.3 Å². The predicted octanol–water partition coefficient (Wildman–Crippen LogP) is 4.79. The maximum absolute atomic E-state index is 12.4. The molecule has 1 heterocycles. The Labute approximate surface area is 131 Å². The van der Waals surface area contributed by atoms with Gasteiger partial charge in [0.05, 0.1) is 21.1 Å². The molecule has 0 aliphatic rings. The molecule has 3 nitrogen and oxygen atoms in total. The summed E-state index contributed by atoms with van der Waals surface area (Å²) in [4.78, 5) is 16.6. The average Bonchev–Trinajstić information content (AvgIpc) is 2.50. The van der Waals surface area contributed by atoms with Crippen molar-refractivity contribution in [2.75, 3.05) is 5.32 Å². The van der Waals surface area contributed by atoms with E-state index in [1.807, 2.05) is 24.3 Å². The lowest BCUT2D eigenvalue weighted by atomic mass is 10.1. The van der Waals surface area contributed by atoms with E-state index in [2.05, 4.69) is 10.3 Å². The van der Waals surface area contributed by atoms with Gasteiger partial charge in [-0.2, -0.15) is 0 Å². The van der Waals surface area contributed by atoms with Gasteiger partial charge in [-0.25, -0.2) is 0 Å². The number of carbonyl (C=O) groups excluding carboxylic acids is 1. The fourth-order valence-corrected chi connectivity index (χ4v) is 2.36. The zero-order chi connectivity index (χ0) is 14.8. The molecule has 21 heavy (non-hydrogen) atoms. The molecular weight excluding hydrogens is 307 g/mol. The van der Waals surface area contributed by atoms with Crippen molar-refractivity contribution in [3.05, 3.63) is 70.3 Å². The fraction of sp³-hybridized carbons (Fsp3) is 0. The lowest BCUT2D eigenvalue weighted by molar-refractivity contribution is 0.102. The second-order valence-corrected chi connectivity index (χ2v) is 5.27. The van der Waals surface area contributed by atoms with Crippen LogP contribution < -0.4 is 5.32 Å². The van der Waals surface area contributed by atoms with E-state index in [1.54, 1.807) is 30.5 Å². The standard InChI is InChI=1S/C16H10Cl2N2O/c17-13-6-5-10(9-14(13)18)20-16(21)12-7-8-19-15-4-2-1-3-11(12)15/h1-9H,(H,20,21). The first-order valence-corrected chi connectivity index (χ1v) is 7.01. The van der Waals surface area contributed by atoms with Gasteiger partial charge in [-0.3, -0.25) is 9.78 Å². The summed E-state index contributed by atoms with van der Waals surface area (Å²) >= 11 is 11.8. The number of anilines is 1. The Hall–Kier alpha value is -2.10. The minimum Gasteiger partial charge on any atom is -0.322 e. The van der Waals surface area contributed by atoms with Crippen LogP contribution in [0.1, 0.15) is 10.4 Å². The van der Waals surface area contributed by atoms with Crippen molar-refractivity contribution < 1.29 is 4.79 Å². The van der Waals surface area contributed by atoms with Gasteiger partial charge in [0.2, 0.25) is 0 Å². The number of aromatic nitrogens is 1. The summed E-state index contributed by atoms with van der Waals surface area (Å²) in [5, 5.41) is 4.46. The molecule has 0 saturated carbocycles. The van der Waals surface area contributed by atoms with Crippen molar-refractivity contribution in [2.45, 2.75) is 0 Å². The maximum Gasteiger partial charge on any atom is 0.256 e. The highest BCUT2D eigenvalue weighted by atomic mass is 35.5. The molecule has 0 atom stereocenters.